The lowest BCUT2D eigenvalue weighted by Crippen LogP contribution is -2.32. The Labute approximate surface area is 123 Å². The smallest absolute Gasteiger partial charge is 0.256 e. The van der Waals surface area contributed by atoms with Crippen molar-refractivity contribution in [3.8, 4) is 0 Å². The summed E-state index contributed by atoms with van der Waals surface area (Å²) in [6, 6.07) is 5.12. The highest BCUT2D eigenvalue weighted by atomic mass is 16.2. The van der Waals surface area contributed by atoms with Crippen LogP contribution in [0.2, 0.25) is 0 Å². The summed E-state index contributed by atoms with van der Waals surface area (Å²) < 4.78 is 0. The predicted octanol–water partition coefficient (Wildman–Crippen LogP) is 0.559. The maximum absolute atomic E-state index is 12.5. The molecule has 0 spiro atoms. The highest BCUT2D eigenvalue weighted by Gasteiger charge is 2.19. The van der Waals surface area contributed by atoms with E-state index in [1.54, 1.807) is 35.6 Å². The van der Waals surface area contributed by atoms with E-state index in [1.807, 2.05) is 13.8 Å². The van der Waals surface area contributed by atoms with Crippen molar-refractivity contribution in [2.75, 3.05) is 19.6 Å². The Balaban J connectivity index is 3.11. The minimum atomic E-state index is -0.528. The van der Waals surface area contributed by atoms with Gasteiger partial charge in [0.2, 0.25) is 12.2 Å². The first-order valence-corrected chi connectivity index (χ1v) is 6.69. The van der Waals surface area contributed by atoms with Gasteiger partial charge in [-0.05, 0) is 26.0 Å². The first-order chi connectivity index (χ1) is 10.1. The lowest BCUT2D eigenvalue weighted by molar-refractivity contribution is -0.125. The summed E-state index contributed by atoms with van der Waals surface area (Å²) in [5, 5.41) is 2.32. The number of carbonyl (C=O) groups is 2. The number of nitrogens with one attached hydrogen (secondary N) is 1. The molecule has 1 N–H and O–H groups in total. The van der Waals surface area contributed by atoms with Gasteiger partial charge in [0.1, 0.15) is 0 Å². The van der Waals surface area contributed by atoms with Crippen LogP contribution in [-0.2, 0) is 14.4 Å². The molecule has 1 aromatic heterocycles. The molecule has 0 aliphatic carbocycles. The molecule has 111 valence electrons. The van der Waals surface area contributed by atoms with Crippen LogP contribution in [0.15, 0.2) is 30.5 Å². The Kier molecular flexibility index (Phi) is 6.80. The molecule has 1 heterocycles. The maximum Gasteiger partial charge on any atom is 0.256 e. The fourth-order valence-electron chi connectivity index (χ4n) is 1.75. The van der Waals surface area contributed by atoms with Crippen molar-refractivity contribution in [3.63, 3.8) is 0 Å². The van der Waals surface area contributed by atoms with Gasteiger partial charge in [-0.2, -0.15) is 0 Å². The number of rotatable bonds is 7. The molecule has 0 aliphatic rings. The number of hydrogen-bond acceptors (Lipinski definition) is 4. The van der Waals surface area contributed by atoms with Gasteiger partial charge in [-0.25, -0.2) is 0 Å². The molecule has 0 bridgehead atoms. The van der Waals surface area contributed by atoms with Crippen molar-refractivity contribution in [3.05, 3.63) is 36.2 Å². The number of amides is 2. The van der Waals surface area contributed by atoms with E-state index in [-0.39, 0.29) is 18.0 Å². The lowest BCUT2D eigenvalue weighted by Gasteiger charge is -2.20. The van der Waals surface area contributed by atoms with Gasteiger partial charge in [0, 0.05) is 25.4 Å². The molecule has 6 nitrogen and oxygen atoms in total. The second kappa shape index (κ2) is 8.63. The molecule has 1 aromatic rings. The van der Waals surface area contributed by atoms with Gasteiger partial charge in [0.05, 0.1) is 17.8 Å². The average Bonchev–Trinajstić information content (AvgIpc) is 2.52. The third-order valence-electron chi connectivity index (χ3n) is 2.83. The van der Waals surface area contributed by atoms with E-state index in [4.69, 9.17) is 0 Å². The lowest BCUT2D eigenvalue weighted by atomic mass is 10.1. The normalized spacial score (nSPS) is 10.9. The van der Waals surface area contributed by atoms with Crippen LogP contribution in [0.5, 0.6) is 0 Å². The number of nitrogens with zero attached hydrogens (tertiary/aromatic N) is 2. The molecular weight excluding hydrogens is 270 g/mol. The fourth-order valence-corrected chi connectivity index (χ4v) is 1.75. The van der Waals surface area contributed by atoms with E-state index >= 15 is 0 Å². The third kappa shape index (κ3) is 4.83. The van der Waals surface area contributed by atoms with Crippen molar-refractivity contribution < 1.29 is 14.4 Å². The van der Waals surface area contributed by atoms with E-state index in [1.165, 1.54) is 6.08 Å². The van der Waals surface area contributed by atoms with Gasteiger partial charge in [-0.1, -0.05) is 6.07 Å². The highest BCUT2D eigenvalue weighted by Crippen LogP contribution is 2.14. The standard InChI is InChI=1S/C15H18N3O3/c1-3-18(4-2)15(21)12(11-14(20)17-9-10-19)13-7-5-6-8-16-13/h5-8,11H,3-4,9H2,1-2H3,(H,17,20). The average molecular weight is 288 g/mol. The topological polar surface area (TPSA) is 79.4 Å². The molecular formula is C15H18N3O3. The molecule has 0 aromatic carbocycles. The van der Waals surface area contributed by atoms with Crippen LogP contribution in [-0.4, -0.2) is 47.6 Å². The van der Waals surface area contributed by atoms with Crippen LogP contribution in [0.25, 0.3) is 5.57 Å². The Morgan fingerprint density at radius 3 is 2.57 bits per heavy atom. The predicted molar refractivity (Wildman–Crippen MR) is 78.8 cm³/mol. The molecule has 0 aliphatic heterocycles. The molecule has 0 saturated carbocycles. The summed E-state index contributed by atoms with van der Waals surface area (Å²) in [6.07, 6.45) is 4.28. The molecule has 0 saturated heterocycles. The van der Waals surface area contributed by atoms with E-state index < -0.39 is 5.91 Å². The molecule has 1 radical (unpaired) electrons. The zero-order chi connectivity index (χ0) is 15.7. The van der Waals surface area contributed by atoms with E-state index in [2.05, 4.69) is 10.3 Å². The fraction of sp³-hybridized carbons (Fsp3) is 0.333. The van der Waals surface area contributed by atoms with Gasteiger partial charge < -0.3 is 10.2 Å². The summed E-state index contributed by atoms with van der Waals surface area (Å²) >= 11 is 0. The second-order valence-corrected chi connectivity index (χ2v) is 4.11. The number of carbonyl (C=O) groups excluding carboxylic acids is 3. The van der Waals surface area contributed by atoms with Gasteiger partial charge in [0.25, 0.3) is 5.91 Å². The van der Waals surface area contributed by atoms with E-state index in [9.17, 15) is 14.4 Å². The van der Waals surface area contributed by atoms with Crippen LogP contribution in [0.4, 0.5) is 0 Å². The maximum atomic E-state index is 12.5. The molecule has 0 fully saturated rings. The van der Waals surface area contributed by atoms with Crippen LogP contribution in [0.3, 0.4) is 0 Å². The van der Waals surface area contributed by atoms with Gasteiger partial charge in [-0.3, -0.25) is 19.4 Å². The SMILES string of the molecule is CCN(CC)C(=O)C(=CC(=O)NC[C]=O)c1ccccn1. The Morgan fingerprint density at radius 1 is 1.33 bits per heavy atom. The molecule has 1 rings (SSSR count). The number of aromatic nitrogens is 1. The minimum absolute atomic E-state index is 0.197. The number of pyridine rings is 1. The first-order valence-electron chi connectivity index (χ1n) is 6.69. The summed E-state index contributed by atoms with van der Waals surface area (Å²) in [6.45, 7) is 4.56. The molecule has 6 heteroatoms. The highest BCUT2D eigenvalue weighted by molar-refractivity contribution is 6.23. The Bertz CT molecular complexity index is 522. The Morgan fingerprint density at radius 2 is 2.05 bits per heavy atom. The molecule has 0 unspecified atom stereocenters. The van der Waals surface area contributed by atoms with Crippen molar-refractivity contribution >= 4 is 23.7 Å². The zero-order valence-electron chi connectivity index (χ0n) is 12.1. The zero-order valence-corrected chi connectivity index (χ0v) is 12.1. The van der Waals surface area contributed by atoms with Crippen LogP contribution in [0.1, 0.15) is 19.5 Å². The van der Waals surface area contributed by atoms with Crippen LogP contribution in [0, 0.1) is 0 Å². The number of likely N-dealkylation sites (N-methyl/N-ethyl adjacent to an activating group) is 1. The van der Waals surface area contributed by atoms with Crippen LogP contribution >= 0.6 is 0 Å². The van der Waals surface area contributed by atoms with Gasteiger partial charge in [0.15, 0.2) is 0 Å². The summed E-state index contributed by atoms with van der Waals surface area (Å²) in [5.74, 6) is -0.802. The minimum Gasteiger partial charge on any atom is -0.345 e. The summed E-state index contributed by atoms with van der Waals surface area (Å²) in [4.78, 5) is 40.1. The number of hydrogen-bond donors (Lipinski definition) is 1. The third-order valence-corrected chi connectivity index (χ3v) is 2.83. The van der Waals surface area contributed by atoms with Gasteiger partial charge >= 0.3 is 0 Å². The van der Waals surface area contributed by atoms with E-state index in [0.717, 1.165) is 0 Å². The molecule has 21 heavy (non-hydrogen) atoms. The van der Waals surface area contributed by atoms with Crippen molar-refractivity contribution in [2.45, 2.75) is 13.8 Å². The van der Waals surface area contributed by atoms with E-state index in [0.29, 0.717) is 18.8 Å². The molecule has 2 amide bonds. The van der Waals surface area contributed by atoms with Gasteiger partial charge in [-0.15, -0.1) is 0 Å². The van der Waals surface area contributed by atoms with Crippen molar-refractivity contribution in [2.24, 2.45) is 0 Å². The van der Waals surface area contributed by atoms with Crippen molar-refractivity contribution in [1.82, 2.24) is 15.2 Å². The Hall–Kier alpha value is -2.50. The van der Waals surface area contributed by atoms with Crippen molar-refractivity contribution in [1.29, 1.82) is 0 Å². The first kappa shape index (κ1) is 16.6. The molecule has 0 atom stereocenters. The quantitative estimate of drug-likeness (QED) is 0.743. The largest absolute Gasteiger partial charge is 0.345 e. The second-order valence-electron chi connectivity index (χ2n) is 4.11. The monoisotopic (exact) mass is 288 g/mol. The summed E-state index contributed by atoms with van der Waals surface area (Å²) in [7, 11) is 0. The summed E-state index contributed by atoms with van der Waals surface area (Å²) in [5.41, 5.74) is 0.613. The van der Waals surface area contributed by atoms with Crippen LogP contribution < -0.4 is 5.32 Å².